The second kappa shape index (κ2) is 2.25. The quantitative estimate of drug-likeness (QED) is 0.514. The van der Waals surface area contributed by atoms with Crippen molar-refractivity contribution in [3.8, 4) is 5.75 Å². The van der Waals surface area contributed by atoms with Gasteiger partial charge in [-0.05, 0) is 6.07 Å². The minimum Gasteiger partial charge on any atom is -0.535 e. The molecule has 0 saturated carbocycles. The molecule has 1 aromatic carbocycles. The van der Waals surface area contributed by atoms with Crippen LogP contribution in [0.15, 0.2) is 24.3 Å². The summed E-state index contributed by atoms with van der Waals surface area (Å²) in [7, 11) is -0.882. The summed E-state index contributed by atoms with van der Waals surface area (Å²) in [5, 5.41) is 9.17. The third-order valence-corrected chi connectivity index (χ3v) is 1.83. The zero-order valence-electron chi connectivity index (χ0n) is 5.90. The van der Waals surface area contributed by atoms with E-state index in [1.165, 1.54) is 0 Å². The van der Waals surface area contributed by atoms with E-state index in [1.54, 1.807) is 6.07 Å². The van der Waals surface area contributed by atoms with Gasteiger partial charge < -0.3 is 15.4 Å². The third-order valence-electron chi connectivity index (χ3n) is 1.83. The fourth-order valence-electron chi connectivity index (χ4n) is 1.22. The van der Waals surface area contributed by atoms with Crippen molar-refractivity contribution in [2.45, 2.75) is 5.94 Å². The first kappa shape index (κ1) is 6.70. The van der Waals surface area contributed by atoms with E-state index in [-0.39, 0.29) is 0 Å². The maximum absolute atomic E-state index is 9.17. The highest BCUT2D eigenvalue weighted by atomic mass is 16.5. The fourth-order valence-corrected chi connectivity index (χ4v) is 1.22. The van der Waals surface area contributed by atoms with Gasteiger partial charge in [-0.3, -0.25) is 0 Å². The molecule has 3 N–H and O–H groups in total. The Kier molecular flexibility index (Phi) is 1.37. The predicted molar refractivity (Wildman–Crippen MR) is 42.0 cm³/mol. The van der Waals surface area contributed by atoms with Crippen LogP contribution in [0.3, 0.4) is 0 Å². The Labute approximate surface area is 64.9 Å². The second-order valence-electron chi connectivity index (χ2n) is 2.57. The minimum absolute atomic E-state index is 0.397. The molecule has 0 amide bonds. The van der Waals surface area contributed by atoms with Crippen molar-refractivity contribution in [2.24, 2.45) is 5.73 Å². The van der Waals surface area contributed by atoms with Crippen molar-refractivity contribution in [1.82, 2.24) is 0 Å². The van der Waals surface area contributed by atoms with Gasteiger partial charge in [0.15, 0.2) is 0 Å². The molecule has 0 aromatic heterocycles. The van der Waals surface area contributed by atoms with E-state index < -0.39 is 13.1 Å². The van der Waals surface area contributed by atoms with Crippen LogP contribution in [0.25, 0.3) is 0 Å². The van der Waals surface area contributed by atoms with Crippen molar-refractivity contribution < 1.29 is 9.68 Å². The molecule has 1 heterocycles. The van der Waals surface area contributed by atoms with E-state index in [1.807, 2.05) is 18.2 Å². The summed E-state index contributed by atoms with van der Waals surface area (Å²) in [6.45, 7) is 0. The van der Waals surface area contributed by atoms with E-state index >= 15 is 0 Å². The Morgan fingerprint density at radius 1 is 1.45 bits per heavy atom. The molecular weight excluding hydrogens is 141 g/mol. The molecule has 3 nitrogen and oxygen atoms in total. The van der Waals surface area contributed by atoms with Gasteiger partial charge in [-0.15, -0.1) is 0 Å². The first-order valence-corrected chi connectivity index (χ1v) is 3.48. The number of nitrogens with two attached hydrogens (primary N) is 1. The van der Waals surface area contributed by atoms with Gasteiger partial charge in [0.2, 0.25) is 0 Å². The van der Waals surface area contributed by atoms with Gasteiger partial charge in [-0.1, -0.05) is 18.2 Å². The van der Waals surface area contributed by atoms with Gasteiger partial charge in [-0.2, -0.15) is 0 Å². The number of benzene rings is 1. The van der Waals surface area contributed by atoms with Gasteiger partial charge in [0.25, 0.3) is 0 Å². The SMILES string of the molecule is NC1B(O)Oc2ccccc21. The van der Waals surface area contributed by atoms with Crippen molar-refractivity contribution in [1.29, 1.82) is 0 Å². The van der Waals surface area contributed by atoms with Crippen LogP contribution in [0.5, 0.6) is 5.75 Å². The number of fused-ring (bicyclic) bond motifs is 1. The van der Waals surface area contributed by atoms with Crippen LogP contribution in [0, 0.1) is 0 Å². The molecule has 0 bridgehead atoms. The Bertz CT molecular complexity index is 279. The van der Waals surface area contributed by atoms with Crippen LogP contribution in [-0.4, -0.2) is 12.1 Å². The van der Waals surface area contributed by atoms with E-state index in [0.717, 1.165) is 5.56 Å². The summed E-state index contributed by atoms with van der Waals surface area (Å²) in [4.78, 5) is 0. The summed E-state index contributed by atoms with van der Waals surface area (Å²) < 4.78 is 5.05. The second-order valence-corrected chi connectivity index (χ2v) is 2.57. The zero-order valence-corrected chi connectivity index (χ0v) is 5.90. The van der Waals surface area contributed by atoms with Crippen LogP contribution in [0.1, 0.15) is 11.5 Å². The third kappa shape index (κ3) is 0.913. The highest BCUT2D eigenvalue weighted by Crippen LogP contribution is 2.31. The van der Waals surface area contributed by atoms with Gasteiger partial charge in [0, 0.05) is 5.56 Å². The standard InChI is InChI=1S/C7H8BNO2/c9-7-5-3-1-2-4-6(5)11-8(7)10/h1-4,7,10H,9H2. The van der Waals surface area contributed by atoms with Gasteiger partial charge in [0.1, 0.15) is 5.75 Å². The molecule has 1 atom stereocenters. The summed E-state index contributed by atoms with van der Waals surface area (Å²) >= 11 is 0. The lowest BCUT2D eigenvalue weighted by Gasteiger charge is -1.99. The average molecular weight is 149 g/mol. The Balaban J connectivity index is 2.47. The molecule has 0 spiro atoms. The van der Waals surface area contributed by atoms with Crippen molar-refractivity contribution in [3.05, 3.63) is 29.8 Å². The van der Waals surface area contributed by atoms with Crippen LogP contribution >= 0.6 is 0 Å². The fraction of sp³-hybridized carbons (Fsp3) is 0.143. The molecule has 2 rings (SSSR count). The first-order chi connectivity index (χ1) is 5.29. The number of para-hydroxylation sites is 1. The lowest BCUT2D eigenvalue weighted by molar-refractivity contribution is 0.422. The molecule has 0 aliphatic carbocycles. The molecule has 0 fully saturated rings. The smallest absolute Gasteiger partial charge is 0.535 e. The number of hydrogen-bond donors (Lipinski definition) is 2. The summed E-state index contributed by atoms with van der Waals surface area (Å²) in [5.41, 5.74) is 6.49. The molecule has 0 radical (unpaired) electrons. The highest BCUT2D eigenvalue weighted by molar-refractivity contribution is 6.47. The molecule has 56 valence electrons. The van der Waals surface area contributed by atoms with Crippen LogP contribution in [-0.2, 0) is 0 Å². The van der Waals surface area contributed by atoms with E-state index in [0.29, 0.717) is 5.75 Å². The van der Waals surface area contributed by atoms with Crippen LogP contribution < -0.4 is 10.4 Å². The zero-order chi connectivity index (χ0) is 7.84. The topological polar surface area (TPSA) is 55.5 Å². The molecule has 4 heteroatoms. The van der Waals surface area contributed by atoms with E-state index in [9.17, 15) is 5.02 Å². The maximum atomic E-state index is 9.17. The molecule has 11 heavy (non-hydrogen) atoms. The van der Waals surface area contributed by atoms with Gasteiger partial charge in [0.05, 0.1) is 5.94 Å². The van der Waals surface area contributed by atoms with E-state index in [4.69, 9.17) is 10.4 Å². The van der Waals surface area contributed by atoms with E-state index in [2.05, 4.69) is 0 Å². The number of hydrogen-bond acceptors (Lipinski definition) is 3. The van der Waals surface area contributed by atoms with Crippen molar-refractivity contribution >= 4 is 7.12 Å². The Hall–Kier alpha value is -0.995. The lowest BCUT2D eigenvalue weighted by atomic mass is 9.79. The summed E-state index contributed by atoms with van der Waals surface area (Å²) in [6.07, 6.45) is 0. The molecular formula is C7H8BNO2. The van der Waals surface area contributed by atoms with Crippen LogP contribution in [0.2, 0.25) is 0 Å². The Morgan fingerprint density at radius 3 is 2.91 bits per heavy atom. The van der Waals surface area contributed by atoms with Gasteiger partial charge >= 0.3 is 7.12 Å². The molecule has 0 saturated heterocycles. The summed E-state index contributed by atoms with van der Waals surface area (Å²) in [6, 6.07) is 7.38. The first-order valence-electron chi connectivity index (χ1n) is 3.48. The predicted octanol–water partition coefficient (Wildman–Crippen LogP) is 0.0985. The average Bonchev–Trinajstić information content (AvgIpc) is 2.30. The maximum Gasteiger partial charge on any atom is 0.545 e. The monoisotopic (exact) mass is 149 g/mol. The molecule has 1 aliphatic heterocycles. The van der Waals surface area contributed by atoms with Gasteiger partial charge in [-0.25, -0.2) is 0 Å². The molecule has 1 unspecified atom stereocenters. The highest BCUT2D eigenvalue weighted by Gasteiger charge is 2.35. The molecule has 1 aliphatic rings. The Morgan fingerprint density at radius 2 is 2.18 bits per heavy atom. The minimum atomic E-state index is -0.882. The molecule has 1 aromatic rings. The summed E-state index contributed by atoms with van der Waals surface area (Å²) in [5.74, 6) is 0.290. The van der Waals surface area contributed by atoms with Crippen LogP contribution in [0.4, 0.5) is 0 Å². The largest absolute Gasteiger partial charge is 0.545 e. The normalized spacial score (nSPS) is 21.3. The lowest BCUT2D eigenvalue weighted by Crippen LogP contribution is -2.30. The van der Waals surface area contributed by atoms with Crippen molar-refractivity contribution in [2.75, 3.05) is 0 Å². The number of rotatable bonds is 0. The van der Waals surface area contributed by atoms with Crippen molar-refractivity contribution in [3.63, 3.8) is 0 Å².